The number of hydrogen-bond acceptors (Lipinski definition) is 3. The lowest BCUT2D eigenvalue weighted by molar-refractivity contribution is -0.125. The average molecular weight is 229 g/mol. The topological polar surface area (TPSA) is 29.5 Å². The van der Waals surface area contributed by atoms with Crippen molar-refractivity contribution < 1.29 is 9.32 Å². The molecule has 1 saturated heterocycles. The van der Waals surface area contributed by atoms with E-state index in [1.54, 1.807) is 0 Å². The van der Waals surface area contributed by atoms with Crippen molar-refractivity contribution in [3.05, 3.63) is 0 Å². The van der Waals surface area contributed by atoms with E-state index < -0.39 is 9.04 Å². The third-order valence-corrected chi connectivity index (χ3v) is 3.72. The van der Waals surface area contributed by atoms with Gasteiger partial charge in [0.05, 0.1) is 6.04 Å². The van der Waals surface area contributed by atoms with Gasteiger partial charge in [0.1, 0.15) is 6.29 Å². The van der Waals surface area contributed by atoms with Crippen LogP contribution >= 0.6 is 0 Å². The van der Waals surface area contributed by atoms with Crippen LogP contribution < -0.4 is 0 Å². The van der Waals surface area contributed by atoms with Gasteiger partial charge in [0.25, 0.3) is 0 Å². The molecule has 4 heteroatoms. The third-order valence-electron chi connectivity index (χ3n) is 3.02. The van der Waals surface area contributed by atoms with Gasteiger partial charge in [-0.2, -0.15) is 5.06 Å². The molecule has 88 valence electrons. The Balaban J connectivity index is 2.63. The van der Waals surface area contributed by atoms with E-state index in [9.17, 15) is 4.79 Å². The fourth-order valence-corrected chi connectivity index (χ4v) is 2.76. The SMILES string of the molecule is C[SiH](C)ON1C[C@@H](C(C)(C)C)C[C@H]1C=O. The first kappa shape index (κ1) is 12.9. The van der Waals surface area contributed by atoms with Crippen molar-refractivity contribution in [3.63, 3.8) is 0 Å². The molecule has 0 aromatic carbocycles. The highest BCUT2D eigenvalue weighted by Gasteiger charge is 2.38. The Morgan fingerprint density at radius 1 is 1.40 bits per heavy atom. The van der Waals surface area contributed by atoms with E-state index in [2.05, 4.69) is 33.9 Å². The van der Waals surface area contributed by atoms with Crippen LogP contribution in [-0.4, -0.2) is 33.0 Å². The summed E-state index contributed by atoms with van der Waals surface area (Å²) >= 11 is 0. The van der Waals surface area contributed by atoms with Gasteiger partial charge in [-0.05, 0) is 30.8 Å². The van der Waals surface area contributed by atoms with Crippen LogP contribution in [0.25, 0.3) is 0 Å². The summed E-state index contributed by atoms with van der Waals surface area (Å²) in [5, 5.41) is 1.92. The summed E-state index contributed by atoms with van der Waals surface area (Å²) in [5.41, 5.74) is 0.262. The van der Waals surface area contributed by atoms with Crippen LogP contribution in [0.5, 0.6) is 0 Å². The second kappa shape index (κ2) is 4.76. The highest BCUT2D eigenvalue weighted by molar-refractivity contribution is 6.48. The van der Waals surface area contributed by atoms with Crippen molar-refractivity contribution in [2.24, 2.45) is 11.3 Å². The number of rotatable bonds is 3. The minimum Gasteiger partial charge on any atom is -0.346 e. The summed E-state index contributed by atoms with van der Waals surface area (Å²) in [6, 6.07) is -0.0240. The van der Waals surface area contributed by atoms with E-state index in [1.165, 1.54) is 0 Å². The normalized spacial score (nSPS) is 28.7. The van der Waals surface area contributed by atoms with Crippen molar-refractivity contribution in [1.82, 2.24) is 5.06 Å². The van der Waals surface area contributed by atoms with E-state index in [4.69, 9.17) is 4.53 Å². The van der Waals surface area contributed by atoms with E-state index in [-0.39, 0.29) is 11.5 Å². The second-order valence-corrected chi connectivity index (χ2v) is 8.06. The Hall–Kier alpha value is -0.193. The zero-order valence-corrected chi connectivity index (χ0v) is 11.6. The molecule has 2 atom stereocenters. The van der Waals surface area contributed by atoms with E-state index in [0.717, 1.165) is 19.3 Å². The van der Waals surface area contributed by atoms with Crippen LogP contribution in [0.4, 0.5) is 0 Å². The van der Waals surface area contributed by atoms with Gasteiger partial charge in [0.15, 0.2) is 9.04 Å². The number of hydrogen-bond donors (Lipinski definition) is 0. The molecule has 0 aromatic rings. The Morgan fingerprint density at radius 2 is 2.00 bits per heavy atom. The first-order valence-electron chi connectivity index (χ1n) is 5.73. The molecule has 0 amide bonds. The van der Waals surface area contributed by atoms with Gasteiger partial charge < -0.3 is 9.32 Å². The lowest BCUT2D eigenvalue weighted by Gasteiger charge is -2.27. The highest BCUT2D eigenvalue weighted by atomic mass is 28.3. The van der Waals surface area contributed by atoms with Gasteiger partial charge in [-0.1, -0.05) is 20.8 Å². The molecule has 1 aliphatic rings. The molecule has 0 saturated carbocycles. The molecule has 15 heavy (non-hydrogen) atoms. The molecular weight excluding hydrogens is 206 g/mol. The lowest BCUT2D eigenvalue weighted by Crippen LogP contribution is -2.35. The fraction of sp³-hybridized carbons (Fsp3) is 0.909. The zero-order chi connectivity index (χ0) is 11.6. The third kappa shape index (κ3) is 3.40. The van der Waals surface area contributed by atoms with Gasteiger partial charge in [-0.3, -0.25) is 0 Å². The van der Waals surface area contributed by atoms with Crippen molar-refractivity contribution in [2.45, 2.75) is 46.3 Å². The average Bonchev–Trinajstić information content (AvgIpc) is 2.45. The molecule has 0 aromatic heterocycles. The number of nitrogens with zero attached hydrogens (tertiary/aromatic N) is 1. The largest absolute Gasteiger partial charge is 0.346 e. The van der Waals surface area contributed by atoms with E-state index in [0.29, 0.717) is 5.92 Å². The van der Waals surface area contributed by atoms with Crippen molar-refractivity contribution in [3.8, 4) is 0 Å². The monoisotopic (exact) mass is 229 g/mol. The molecular formula is C11H23NO2Si. The molecule has 0 aliphatic carbocycles. The van der Waals surface area contributed by atoms with Crippen molar-refractivity contribution >= 4 is 15.3 Å². The molecule has 0 radical (unpaired) electrons. The van der Waals surface area contributed by atoms with E-state index >= 15 is 0 Å². The maximum Gasteiger partial charge on any atom is 0.199 e. The molecule has 0 N–H and O–H groups in total. The van der Waals surface area contributed by atoms with Crippen molar-refractivity contribution in [1.29, 1.82) is 0 Å². The summed E-state index contributed by atoms with van der Waals surface area (Å²) in [6.45, 7) is 11.9. The fourth-order valence-electron chi connectivity index (χ4n) is 1.98. The first-order valence-corrected chi connectivity index (χ1v) is 8.51. The first-order chi connectivity index (χ1) is 6.84. The molecule has 1 fully saturated rings. The molecule has 3 nitrogen and oxygen atoms in total. The van der Waals surface area contributed by atoms with Crippen LogP contribution in [-0.2, 0) is 9.32 Å². The zero-order valence-electron chi connectivity index (χ0n) is 10.5. The minimum atomic E-state index is -1.09. The molecule has 0 unspecified atom stereocenters. The van der Waals surface area contributed by atoms with Gasteiger partial charge in [0.2, 0.25) is 0 Å². The standard InChI is InChI=1S/C11H23NO2Si/c1-11(2,3)9-6-10(8-13)12(7-9)14-15(4)5/h8-10,15H,6-7H2,1-5H3/t9-,10-/m0/s1. The Kier molecular flexibility index (Phi) is 4.09. The van der Waals surface area contributed by atoms with Gasteiger partial charge in [-0.15, -0.1) is 0 Å². The Bertz CT molecular complexity index is 225. The van der Waals surface area contributed by atoms with Crippen LogP contribution in [0, 0.1) is 11.3 Å². The number of carbonyl (C=O) groups excluding carboxylic acids is 1. The quantitative estimate of drug-likeness (QED) is 0.546. The van der Waals surface area contributed by atoms with Crippen LogP contribution in [0.1, 0.15) is 27.2 Å². The smallest absolute Gasteiger partial charge is 0.199 e. The van der Waals surface area contributed by atoms with Gasteiger partial charge >= 0.3 is 0 Å². The summed E-state index contributed by atoms with van der Waals surface area (Å²) in [7, 11) is -1.09. The number of carbonyl (C=O) groups is 1. The second-order valence-electron chi connectivity index (χ2n) is 5.76. The lowest BCUT2D eigenvalue weighted by atomic mass is 9.79. The summed E-state index contributed by atoms with van der Waals surface area (Å²) < 4.78 is 5.78. The molecule has 1 heterocycles. The molecule has 0 spiro atoms. The molecule has 0 bridgehead atoms. The Morgan fingerprint density at radius 3 is 2.40 bits per heavy atom. The summed E-state index contributed by atoms with van der Waals surface area (Å²) in [4.78, 5) is 11.0. The molecule has 1 aliphatic heterocycles. The predicted molar refractivity (Wildman–Crippen MR) is 64.1 cm³/mol. The minimum absolute atomic E-state index is 0.0240. The Labute approximate surface area is 94.5 Å². The van der Waals surface area contributed by atoms with Crippen LogP contribution in [0.2, 0.25) is 13.1 Å². The maximum atomic E-state index is 11.0. The summed E-state index contributed by atoms with van der Waals surface area (Å²) in [5.74, 6) is 0.556. The van der Waals surface area contributed by atoms with Crippen molar-refractivity contribution in [2.75, 3.05) is 6.54 Å². The van der Waals surface area contributed by atoms with Crippen LogP contribution in [0.15, 0.2) is 0 Å². The van der Waals surface area contributed by atoms with Gasteiger partial charge in [-0.25, -0.2) is 0 Å². The summed E-state index contributed by atoms with van der Waals surface area (Å²) in [6.07, 6.45) is 1.97. The number of aldehydes is 1. The number of hydroxylamine groups is 2. The van der Waals surface area contributed by atoms with Crippen LogP contribution in [0.3, 0.4) is 0 Å². The van der Waals surface area contributed by atoms with Gasteiger partial charge in [0, 0.05) is 6.54 Å². The molecule has 1 rings (SSSR count). The predicted octanol–water partition coefficient (Wildman–Crippen LogP) is 1.84. The highest BCUT2D eigenvalue weighted by Crippen LogP contribution is 2.36. The van der Waals surface area contributed by atoms with E-state index in [1.807, 2.05) is 5.06 Å². The maximum absolute atomic E-state index is 11.0.